The van der Waals surface area contributed by atoms with Crippen LogP contribution in [0.4, 0.5) is 0 Å². The van der Waals surface area contributed by atoms with Crippen LogP contribution >= 0.6 is 11.6 Å². The maximum absolute atomic E-state index is 10.7. The number of nitrogens with two attached hydrogens (primary N) is 1. The number of rotatable bonds is 8. The van der Waals surface area contributed by atoms with Crippen molar-refractivity contribution in [2.24, 2.45) is 5.73 Å². The summed E-state index contributed by atoms with van der Waals surface area (Å²) in [5.74, 6) is 0. The number of benzene rings is 1. The second-order valence-electron chi connectivity index (χ2n) is 9.10. The van der Waals surface area contributed by atoms with E-state index in [2.05, 4.69) is 32.8 Å². The minimum absolute atomic E-state index is 0.00655. The fourth-order valence-electron chi connectivity index (χ4n) is 4.74. The topological polar surface area (TPSA) is 122 Å². The third kappa shape index (κ3) is 5.26. The smallest absolute Gasteiger partial charge is 0.142 e. The Kier molecular flexibility index (Phi) is 8.01. The van der Waals surface area contributed by atoms with E-state index in [1.165, 1.54) is 0 Å². The molecule has 180 valence electrons. The second kappa shape index (κ2) is 10.6. The number of nitrogens with one attached hydrogen (secondary N) is 3. The monoisotopic (exact) mass is 469 g/mol. The van der Waals surface area contributed by atoms with Gasteiger partial charge in [0.05, 0.1) is 25.0 Å². The van der Waals surface area contributed by atoms with Crippen LogP contribution < -0.4 is 21.7 Å². The molecule has 32 heavy (non-hydrogen) atoms. The number of halogens is 1. The molecule has 0 aromatic heterocycles. The molecule has 11 heteroatoms. The number of hydrogen-bond donors (Lipinski definition) is 6. The molecule has 3 saturated heterocycles. The highest BCUT2D eigenvalue weighted by atomic mass is 35.5. The van der Waals surface area contributed by atoms with Crippen LogP contribution in [-0.4, -0.2) is 115 Å². The van der Waals surface area contributed by atoms with Crippen molar-refractivity contribution in [3.63, 3.8) is 0 Å². The van der Waals surface area contributed by atoms with E-state index in [9.17, 15) is 10.2 Å². The van der Waals surface area contributed by atoms with E-state index >= 15 is 0 Å². The van der Waals surface area contributed by atoms with Crippen LogP contribution in [0.5, 0.6) is 0 Å². The average molecular weight is 470 g/mol. The SMILES string of the molecule is CN(CCN(C)C[C@H]1O[C@@H](N2CNC3C(N)NCNC32)[C@H](O)[C@@H]1O)Cc1ccccc1Cl. The summed E-state index contributed by atoms with van der Waals surface area (Å²) >= 11 is 6.26. The Bertz CT molecular complexity index is 762. The summed E-state index contributed by atoms with van der Waals surface area (Å²) in [6, 6.07) is 7.87. The van der Waals surface area contributed by atoms with Gasteiger partial charge >= 0.3 is 0 Å². The Hall–Kier alpha value is -0.890. The number of aliphatic hydroxyl groups excluding tert-OH is 2. The summed E-state index contributed by atoms with van der Waals surface area (Å²) in [7, 11) is 4.06. The maximum atomic E-state index is 10.7. The molecule has 7 N–H and O–H groups in total. The van der Waals surface area contributed by atoms with Gasteiger partial charge in [-0.05, 0) is 25.7 Å². The third-order valence-electron chi connectivity index (χ3n) is 6.66. The molecule has 0 spiro atoms. The lowest BCUT2D eigenvalue weighted by Gasteiger charge is -2.38. The molecule has 10 nitrogen and oxygen atoms in total. The van der Waals surface area contributed by atoms with Gasteiger partial charge < -0.3 is 30.5 Å². The summed E-state index contributed by atoms with van der Waals surface area (Å²) < 4.78 is 6.15. The van der Waals surface area contributed by atoms with Crippen molar-refractivity contribution in [1.82, 2.24) is 30.7 Å². The predicted octanol–water partition coefficient (Wildman–Crippen LogP) is -1.86. The van der Waals surface area contributed by atoms with E-state index < -0.39 is 24.5 Å². The fourth-order valence-corrected chi connectivity index (χ4v) is 4.94. The lowest BCUT2D eigenvalue weighted by Crippen LogP contribution is -2.68. The fraction of sp³-hybridized carbons (Fsp3) is 0.714. The Balaban J connectivity index is 1.26. The van der Waals surface area contributed by atoms with Crippen LogP contribution in [0.3, 0.4) is 0 Å². The maximum Gasteiger partial charge on any atom is 0.142 e. The lowest BCUT2D eigenvalue weighted by molar-refractivity contribution is -0.106. The summed E-state index contributed by atoms with van der Waals surface area (Å²) in [5.41, 5.74) is 7.24. The van der Waals surface area contributed by atoms with Crippen molar-refractivity contribution in [3.8, 4) is 0 Å². The third-order valence-corrected chi connectivity index (χ3v) is 7.03. The largest absolute Gasteiger partial charge is 0.387 e. The Morgan fingerprint density at radius 3 is 2.66 bits per heavy atom. The van der Waals surface area contributed by atoms with E-state index in [-0.39, 0.29) is 18.4 Å². The van der Waals surface area contributed by atoms with Gasteiger partial charge in [0.1, 0.15) is 24.5 Å². The number of nitrogens with zero attached hydrogens (tertiary/aromatic N) is 3. The van der Waals surface area contributed by atoms with Gasteiger partial charge in [0.2, 0.25) is 0 Å². The van der Waals surface area contributed by atoms with E-state index in [1.807, 2.05) is 36.2 Å². The summed E-state index contributed by atoms with van der Waals surface area (Å²) in [6.07, 6.45) is -3.23. The molecule has 0 bridgehead atoms. The number of hydrogen-bond acceptors (Lipinski definition) is 10. The number of aliphatic hydroxyl groups is 2. The van der Waals surface area contributed by atoms with Gasteiger partial charge in [-0.15, -0.1) is 0 Å². The van der Waals surface area contributed by atoms with Gasteiger partial charge in [-0.2, -0.15) is 0 Å². The van der Waals surface area contributed by atoms with Crippen molar-refractivity contribution < 1.29 is 14.9 Å². The van der Waals surface area contributed by atoms with E-state index in [0.29, 0.717) is 19.9 Å². The van der Waals surface area contributed by atoms with Crippen molar-refractivity contribution >= 4 is 11.6 Å². The molecular weight excluding hydrogens is 434 g/mol. The van der Waals surface area contributed by atoms with Gasteiger partial charge in [0.25, 0.3) is 0 Å². The van der Waals surface area contributed by atoms with Crippen molar-refractivity contribution in [2.45, 2.75) is 49.5 Å². The molecule has 3 aliphatic rings. The highest BCUT2D eigenvalue weighted by molar-refractivity contribution is 6.31. The molecule has 0 saturated carbocycles. The second-order valence-corrected chi connectivity index (χ2v) is 9.50. The molecule has 3 heterocycles. The van der Waals surface area contributed by atoms with Crippen LogP contribution in [0.1, 0.15) is 5.56 Å². The quantitative estimate of drug-likeness (QED) is 0.258. The number of fused-ring (bicyclic) bond motifs is 1. The van der Waals surface area contributed by atoms with Crippen LogP contribution in [0.2, 0.25) is 5.02 Å². The molecule has 0 amide bonds. The molecule has 0 radical (unpaired) electrons. The molecule has 3 fully saturated rings. The van der Waals surface area contributed by atoms with Crippen LogP contribution in [0, 0.1) is 0 Å². The van der Waals surface area contributed by atoms with Gasteiger partial charge in [0.15, 0.2) is 0 Å². The molecule has 7 atom stereocenters. The zero-order valence-electron chi connectivity index (χ0n) is 18.7. The molecule has 3 aliphatic heterocycles. The van der Waals surface area contributed by atoms with E-state index in [4.69, 9.17) is 22.1 Å². The molecule has 4 rings (SSSR count). The number of likely N-dealkylation sites (N-methyl/N-ethyl adjacent to an activating group) is 2. The van der Waals surface area contributed by atoms with E-state index in [1.54, 1.807) is 0 Å². The minimum Gasteiger partial charge on any atom is -0.387 e. The van der Waals surface area contributed by atoms with Crippen molar-refractivity contribution in [1.29, 1.82) is 0 Å². The summed E-state index contributed by atoms with van der Waals surface area (Å²) in [6.45, 7) is 4.04. The lowest BCUT2D eigenvalue weighted by atomic mass is 10.1. The average Bonchev–Trinajstić information content (AvgIpc) is 3.31. The summed E-state index contributed by atoms with van der Waals surface area (Å²) in [4.78, 5) is 6.34. The summed E-state index contributed by atoms with van der Waals surface area (Å²) in [5, 5.41) is 32.0. The molecular formula is C21H36ClN7O3. The highest BCUT2D eigenvalue weighted by Gasteiger charge is 2.51. The Morgan fingerprint density at radius 1 is 1.12 bits per heavy atom. The molecule has 1 aromatic rings. The standard InChI is InChI=1S/C21H36ClN7O3/c1-27(9-13-5-3-4-6-14(13)22)7-8-28(2)10-15-17(30)18(31)21(32-15)29-12-26-16-19(23)24-11-25-20(16)29/h3-6,15-21,24-26,30-31H,7-12,23H2,1-2H3/t15-,16?,17-,18-,19?,20?,21-/m1/s1. The van der Waals surface area contributed by atoms with Gasteiger partial charge in [-0.3, -0.25) is 16.0 Å². The predicted molar refractivity (Wildman–Crippen MR) is 122 cm³/mol. The van der Waals surface area contributed by atoms with Crippen molar-refractivity contribution in [3.05, 3.63) is 34.9 Å². The first-order valence-electron chi connectivity index (χ1n) is 11.2. The van der Waals surface area contributed by atoms with Crippen molar-refractivity contribution in [2.75, 3.05) is 47.1 Å². The zero-order valence-corrected chi connectivity index (χ0v) is 19.4. The first-order valence-corrected chi connectivity index (χ1v) is 11.6. The molecule has 3 unspecified atom stereocenters. The zero-order chi connectivity index (χ0) is 22.8. The number of ether oxygens (including phenoxy) is 1. The molecule has 1 aromatic carbocycles. The van der Waals surface area contributed by atoms with Gasteiger partial charge in [-0.1, -0.05) is 29.8 Å². The first-order chi connectivity index (χ1) is 15.3. The van der Waals surface area contributed by atoms with Crippen LogP contribution in [0.25, 0.3) is 0 Å². The van der Waals surface area contributed by atoms with Gasteiger partial charge in [0, 0.05) is 37.9 Å². The Morgan fingerprint density at radius 2 is 1.88 bits per heavy atom. The molecule has 0 aliphatic carbocycles. The van der Waals surface area contributed by atoms with Crippen LogP contribution in [-0.2, 0) is 11.3 Å². The minimum atomic E-state index is -0.982. The van der Waals surface area contributed by atoms with E-state index in [0.717, 1.165) is 30.2 Å². The van der Waals surface area contributed by atoms with Crippen LogP contribution in [0.15, 0.2) is 24.3 Å². The highest BCUT2D eigenvalue weighted by Crippen LogP contribution is 2.28. The first kappa shape index (κ1) is 24.2. The normalized spacial score (nSPS) is 35.7. The Labute approximate surface area is 194 Å². The van der Waals surface area contributed by atoms with Gasteiger partial charge in [-0.25, -0.2) is 4.90 Å².